The van der Waals surface area contributed by atoms with Crippen LogP contribution < -0.4 is 5.32 Å². The van der Waals surface area contributed by atoms with Crippen LogP contribution in [-0.2, 0) is 20.0 Å². The molecule has 1 atom stereocenters. The number of carbonyl (C=O) groups is 1. The molecule has 1 aliphatic heterocycles. The molecule has 7 heteroatoms. The molecule has 1 aromatic rings. The Hall–Kier alpha value is -1.37. The van der Waals surface area contributed by atoms with Crippen molar-refractivity contribution in [2.24, 2.45) is 5.92 Å². The van der Waals surface area contributed by atoms with Crippen molar-refractivity contribution in [3.63, 3.8) is 0 Å². The first-order valence-corrected chi connectivity index (χ1v) is 9.90. The monoisotopic (exact) mass is 341 g/mol. The molecule has 1 amide bonds. The van der Waals surface area contributed by atoms with Gasteiger partial charge in [0.2, 0.25) is 5.91 Å². The quantitative estimate of drug-likeness (QED) is 0.912. The van der Waals surface area contributed by atoms with Gasteiger partial charge in [0, 0.05) is 17.9 Å². The second-order valence-electron chi connectivity index (χ2n) is 7.81. The summed E-state index contributed by atoms with van der Waals surface area (Å²) in [5.41, 5.74) is 0.682. The topological polar surface area (TPSA) is 81.1 Å². The Bertz CT molecular complexity index is 684. The van der Waals surface area contributed by atoms with Crippen LogP contribution in [0.2, 0.25) is 0 Å². The molecule has 2 rings (SSSR count). The third-order valence-corrected chi connectivity index (χ3v) is 5.67. The molecular formula is C16H27N3O3S. The first-order valence-electron chi connectivity index (χ1n) is 8.08. The molecule has 1 aliphatic rings. The lowest BCUT2D eigenvalue weighted by atomic mass is 9.92. The number of hydrogen-bond acceptors (Lipinski definition) is 4. The zero-order valence-electron chi connectivity index (χ0n) is 14.6. The SMILES string of the molecule is CC(C)CC(=O)Nc1cc(C(C)(C)C)nn1[C@@H]1CCS(=O)(=O)C1. The van der Waals surface area contributed by atoms with Crippen LogP contribution in [0, 0.1) is 5.92 Å². The molecule has 6 nitrogen and oxygen atoms in total. The standard InChI is InChI=1S/C16H27N3O3S/c1-11(2)8-15(20)17-14-9-13(16(3,4)5)18-19(14)12-6-7-23(21,22)10-12/h9,11-12H,6-8,10H2,1-5H3,(H,17,20)/t12-/m1/s1. The van der Waals surface area contributed by atoms with Gasteiger partial charge in [0.25, 0.3) is 0 Å². The minimum Gasteiger partial charge on any atom is -0.311 e. The summed E-state index contributed by atoms with van der Waals surface area (Å²) in [6.45, 7) is 10.1. The fraction of sp³-hybridized carbons (Fsp3) is 0.750. The molecule has 0 unspecified atom stereocenters. The molecule has 0 saturated carbocycles. The van der Waals surface area contributed by atoms with Crippen molar-refractivity contribution in [2.75, 3.05) is 16.8 Å². The van der Waals surface area contributed by atoms with Crippen LogP contribution in [0.15, 0.2) is 6.07 Å². The zero-order chi connectivity index (χ0) is 17.4. The highest BCUT2D eigenvalue weighted by molar-refractivity contribution is 7.91. The van der Waals surface area contributed by atoms with Crippen molar-refractivity contribution >= 4 is 21.6 Å². The van der Waals surface area contributed by atoms with E-state index in [9.17, 15) is 13.2 Å². The van der Waals surface area contributed by atoms with Gasteiger partial charge < -0.3 is 5.32 Å². The van der Waals surface area contributed by atoms with E-state index in [0.29, 0.717) is 18.7 Å². The van der Waals surface area contributed by atoms with Gasteiger partial charge in [-0.3, -0.25) is 4.79 Å². The van der Waals surface area contributed by atoms with Gasteiger partial charge >= 0.3 is 0 Å². The van der Waals surface area contributed by atoms with E-state index in [4.69, 9.17) is 0 Å². The van der Waals surface area contributed by atoms with Gasteiger partial charge in [0.15, 0.2) is 9.84 Å². The summed E-state index contributed by atoms with van der Waals surface area (Å²) in [5.74, 6) is 1.07. The number of carbonyl (C=O) groups excluding carboxylic acids is 1. The molecule has 2 heterocycles. The van der Waals surface area contributed by atoms with Crippen LogP contribution in [-0.4, -0.2) is 35.6 Å². The highest BCUT2D eigenvalue weighted by atomic mass is 32.2. The van der Waals surface area contributed by atoms with E-state index in [0.717, 1.165) is 5.69 Å². The van der Waals surface area contributed by atoms with Crippen LogP contribution in [0.5, 0.6) is 0 Å². The summed E-state index contributed by atoms with van der Waals surface area (Å²) in [6.07, 6.45) is 0.972. The number of aromatic nitrogens is 2. The van der Waals surface area contributed by atoms with Crippen molar-refractivity contribution in [1.82, 2.24) is 9.78 Å². The zero-order valence-corrected chi connectivity index (χ0v) is 15.4. The van der Waals surface area contributed by atoms with Crippen molar-refractivity contribution in [3.05, 3.63) is 11.8 Å². The normalized spacial score (nSPS) is 20.9. The fourth-order valence-electron chi connectivity index (χ4n) is 2.67. The Balaban J connectivity index is 2.32. The van der Waals surface area contributed by atoms with Crippen LogP contribution in [0.25, 0.3) is 0 Å². The molecule has 23 heavy (non-hydrogen) atoms. The predicted octanol–water partition coefficient (Wildman–Crippen LogP) is 2.52. The molecule has 1 aromatic heterocycles. The van der Waals surface area contributed by atoms with Gasteiger partial charge in [-0.1, -0.05) is 34.6 Å². The molecule has 0 aromatic carbocycles. The predicted molar refractivity (Wildman–Crippen MR) is 91.3 cm³/mol. The van der Waals surface area contributed by atoms with Gasteiger partial charge in [-0.05, 0) is 12.3 Å². The van der Waals surface area contributed by atoms with Crippen molar-refractivity contribution < 1.29 is 13.2 Å². The van der Waals surface area contributed by atoms with E-state index in [1.165, 1.54) is 0 Å². The van der Waals surface area contributed by atoms with Gasteiger partial charge in [-0.15, -0.1) is 0 Å². The average molecular weight is 341 g/mol. The number of anilines is 1. The molecule has 1 N–H and O–H groups in total. The van der Waals surface area contributed by atoms with Crippen molar-refractivity contribution in [2.45, 2.75) is 58.9 Å². The van der Waals surface area contributed by atoms with Gasteiger partial charge in [0.1, 0.15) is 5.82 Å². The second kappa shape index (κ2) is 6.26. The third kappa shape index (κ3) is 4.56. The minimum atomic E-state index is -3.01. The maximum Gasteiger partial charge on any atom is 0.225 e. The number of rotatable bonds is 4. The van der Waals surface area contributed by atoms with Gasteiger partial charge in [0.05, 0.1) is 23.2 Å². The van der Waals surface area contributed by atoms with E-state index in [2.05, 4.69) is 10.4 Å². The number of nitrogens with zero attached hydrogens (tertiary/aromatic N) is 2. The van der Waals surface area contributed by atoms with Crippen LogP contribution >= 0.6 is 0 Å². The first-order chi connectivity index (χ1) is 10.5. The lowest BCUT2D eigenvalue weighted by molar-refractivity contribution is -0.116. The molecule has 130 valence electrons. The largest absolute Gasteiger partial charge is 0.311 e. The summed E-state index contributed by atoms with van der Waals surface area (Å²) in [6, 6.07) is 1.66. The molecule has 0 radical (unpaired) electrons. The molecular weight excluding hydrogens is 314 g/mol. The smallest absolute Gasteiger partial charge is 0.225 e. The molecule has 0 spiro atoms. The van der Waals surface area contributed by atoms with Crippen molar-refractivity contribution in [3.8, 4) is 0 Å². The Kier molecular flexibility index (Phi) is 4.89. The van der Waals surface area contributed by atoms with E-state index in [-0.39, 0.29) is 34.8 Å². The average Bonchev–Trinajstić information content (AvgIpc) is 2.90. The van der Waals surface area contributed by atoms with E-state index in [1.54, 1.807) is 4.68 Å². The summed E-state index contributed by atoms with van der Waals surface area (Å²) < 4.78 is 25.2. The lowest BCUT2D eigenvalue weighted by Gasteiger charge is -2.15. The van der Waals surface area contributed by atoms with Gasteiger partial charge in [-0.2, -0.15) is 5.10 Å². The van der Waals surface area contributed by atoms with E-state index in [1.807, 2.05) is 40.7 Å². The summed E-state index contributed by atoms with van der Waals surface area (Å²) >= 11 is 0. The molecule has 1 fully saturated rings. The number of nitrogens with one attached hydrogen (secondary N) is 1. The van der Waals surface area contributed by atoms with Crippen LogP contribution in [0.3, 0.4) is 0 Å². The lowest BCUT2D eigenvalue weighted by Crippen LogP contribution is -2.20. The Morgan fingerprint density at radius 3 is 2.57 bits per heavy atom. The number of amides is 1. The molecule has 0 aliphatic carbocycles. The third-order valence-electron chi connectivity index (χ3n) is 3.92. The highest BCUT2D eigenvalue weighted by Crippen LogP contribution is 2.31. The second-order valence-corrected chi connectivity index (χ2v) is 10.0. The maximum absolute atomic E-state index is 12.1. The van der Waals surface area contributed by atoms with Crippen LogP contribution in [0.4, 0.5) is 5.82 Å². The Morgan fingerprint density at radius 2 is 2.09 bits per heavy atom. The Labute approximate surface area is 138 Å². The Morgan fingerprint density at radius 1 is 1.43 bits per heavy atom. The highest BCUT2D eigenvalue weighted by Gasteiger charge is 2.32. The van der Waals surface area contributed by atoms with Crippen molar-refractivity contribution in [1.29, 1.82) is 0 Å². The molecule has 0 bridgehead atoms. The van der Waals surface area contributed by atoms with Crippen LogP contribution in [0.1, 0.15) is 59.2 Å². The number of hydrogen-bond donors (Lipinski definition) is 1. The summed E-state index contributed by atoms with van der Waals surface area (Å²) in [5, 5.41) is 7.50. The van der Waals surface area contributed by atoms with E-state index >= 15 is 0 Å². The van der Waals surface area contributed by atoms with Gasteiger partial charge in [-0.25, -0.2) is 13.1 Å². The summed E-state index contributed by atoms with van der Waals surface area (Å²) in [7, 11) is -3.01. The first kappa shape index (κ1) is 18.0. The maximum atomic E-state index is 12.1. The fourth-order valence-corrected chi connectivity index (χ4v) is 4.36. The molecule has 1 saturated heterocycles. The summed E-state index contributed by atoms with van der Waals surface area (Å²) in [4.78, 5) is 12.1. The van der Waals surface area contributed by atoms with E-state index < -0.39 is 9.84 Å². The minimum absolute atomic E-state index is 0.0672. The number of sulfone groups is 1.